The predicted octanol–water partition coefficient (Wildman–Crippen LogP) is 4.19. The van der Waals surface area contributed by atoms with E-state index in [0.717, 1.165) is 67.9 Å². The molecule has 0 bridgehead atoms. The molecule has 154 valence electrons. The summed E-state index contributed by atoms with van der Waals surface area (Å²) in [5, 5.41) is 2.66. The van der Waals surface area contributed by atoms with Crippen molar-refractivity contribution in [2.24, 2.45) is 0 Å². The minimum Gasteiger partial charge on any atom is -0.307 e. The molecule has 2 N–H and O–H groups in total. The first-order valence-corrected chi connectivity index (χ1v) is 10.8. The van der Waals surface area contributed by atoms with E-state index in [9.17, 15) is 26.4 Å². The van der Waals surface area contributed by atoms with E-state index < -0.39 is 32.7 Å². The van der Waals surface area contributed by atoms with Crippen molar-refractivity contribution < 1.29 is 26.4 Å². The van der Waals surface area contributed by atoms with Crippen LogP contribution in [0, 0.1) is 0 Å². The molecule has 9 heteroatoms. The highest BCUT2D eigenvalue weighted by molar-refractivity contribution is 7.90. The van der Waals surface area contributed by atoms with Gasteiger partial charge in [0.25, 0.3) is 10.0 Å². The molecule has 0 atom stereocenters. The van der Waals surface area contributed by atoms with E-state index in [2.05, 4.69) is 11.4 Å². The van der Waals surface area contributed by atoms with Crippen molar-refractivity contribution in [2.45, 2.75) is 49.6 Å². The summed E-state index contributed by atoms with van der Waals surface area (Å²) in [4.78, 5) is 11.8. The molecular weight excluding hydrogens is 405 g/mol. The van der Waals surface area contributed by atoms with Gasteiger partial charge in [-0.2, -0.15) is 13.2 Å². The summed E-state index contributed by atoms with van der Waals surface area (Å²) in [7, 11) is -4.45. The molecule has 0 aromatic heterocycles. The third-order valence-electron chi connectivity index (χ3n) is 5.41. The first-order chi connectivity index (χ1) is 13.6. The van der Waals surface area contributed by atoms with E-state index >= 15 is 0 Å². The largest absolute Gasteiger partial charge is 0.416 e. The Hall–Kier alpha value is -2.55. The van der Waals surface area contributed by atoms with Crippen LogP contribution in [0.25, 0.3) is 0 Å². The topological polar surface area (TPSA) is 75.3 Å². The smallest absolute Gasteiger partial charge is 0.307 e. The lowest BCUT2D eigenvalue weighted by atomic mass is 9.99. The van der Waals surface area contributed by atoms with Gasteiger partial charge in [0.15, 0.2) is 0 Å². The van der Waals surface area contributed by atoms with Crippen LogP contribution in [-0.2, 0) is 41.9 Å². The van der Waals surface area contributed by atoms with Gasteiger partial charge in [-0.3, -0.25) is 0 Å². The van der Waals surface area contributed by atoms with E-state index in [1.807, 2.05) is 4.72 Å². The Morgan fingerprint density at radius 1 is 0.931 bits per heavy atom. The van der Waals surface area contributed by atoms with Gasteiger partial charge in [-0.15, -0.1) is 0 Å². The normalized spacial score (nSPS) is 15.7. The summed E-state index contributed by atoms with van der Waals surface area (Å²) in [5.41, 5.74) is 3.95. The van der Waals surface area contributed by atoms with Crippen molar-refractivity contribution in [3.63, 3.8) is 0 Å². The van der Waals surface area contributed by atoms with Crippen molar-refractivity contribution in [3.05, 3.63) is 58.1 Å². The first kappa shape index (κ1) is 19.8. The lowest BCUT2D eigenvalue weighted by Gasteiger charge is -2.17. The number of urea groups is 1. The molecule has 0 heterocycles. The second-order valence-electron chi connectivity index (χ2n) is 7.32. The highest BCUT2D eigenvalue weighted by atomic mass is 32.2. The molecule has 2 aromatic carbocycles. The molecule has 5 nitrogen and oxygen atoms in total. The molecule has 2 aliphatic carbocycles. The van der Waals surface area contributed by atoms with Gasteiger partial charge in [0, 0.05) is 5.69 Å². The van der Waals surface area contributed by atoms with Gasteiger partial charge in [0.2, 0.25) is 0 Å². The van der Waals surface area contributed by atoms with E-state index in [1.54, 1.807) is 0 Å². The number of halogens is 3. The average molecular weight is 424 g/mol. The fourth-order valence-electron chi connectivity index (χ4n) is 4.13. The molecule has 2 aromatic rings. The van der Waals surface area contributed by atoms with Crippen LogP contribution in [0.2, 0.25) is 0 Å². The van der Waals surface area contributed by atoms with Crippen molar-refractivity contribution in [1.82, 2.24) is 4.72 Å². The maximum absolute atomic E-state index is 12.9. The second-order valence-corrected chi connectivity index (χ2v) is 9.00. The Morgan fingerprint density at radius 2 is 1.55 bits per heavy atom. The molecule has 2 amide bonds. The zero-order chi connectivity index (χ0) is 20.8. The van der Waals surface area contributed by atoms with Crippen molar-refractivity contribution >= 4 is 21.7 Å². The van der Waals surface area contributed by atoms with Crippen LogP contribution in [0.5, 0.6) is 0 Å². The lowest BCUT2D eigenvalue weighted by Crippen LogP contribution is -2.35. The average Bonchev–Trinajstić information content (AvgIpc) is 3.29. The van der Waals surface area contributed by atoms with E-state index in [-0.39, 0.29) is 0 Å². The summed E-state index contributed by atoms with van der Waals surface area (Å²) in [5.74, 6) is 0. The Labute approximate surface area is 166 Å². The summed E-state index contributed by atoms with van der Waals surface area (Å²) in [6, 6.07) is 4.49. The fourth-order valence-corrected chi connectivity index (χ4v) is 5.08. The van der Waals surface area contributed by atoms with Crippen molar-refractivity contribution in [2.75, 3.05) is 5.32 Å². The minimum atomic E-state index is -4.68. The van der Waals surface area contributed by atoms with E-state index in [0.29, 0.717) is 11.8 Å². The van der Waals surface area contributed by atoms with Gasteiger partial charge in [-0.1, -0.05) is 12.1 Å². The van der Waals surface area contributed by atoms with Gasteiger partial charge < -0.3 is 5.32 Å². The lowest BCUT2D eigenvalue weighted by molar-refractivity contribution is -0.137. The van der Waals surface area contributed by atoms with Crippen LogP contribution in [0.4, 0.5) is 23.7 Å². The molecule has 0 saturated heterocycles. The second kappa shape index (κ2) is 7.05. The number of anilines is 1. The summed E-state index contributed by atoms with van der Waals surface area (Å²) in [6.07, 6.45) is 0.702. The van der Waals surface area contributed by atoms with Gasteiger partial charge in [-0.05, 0) is 79.0 Å². The zero-order valence-electron chi connectivity index (χ0n) is 15.4. The van der Waals surface area contributed by atoms with Crippen LogP contribution >= 0.6 is 0 Å². The number of carbonyl (C=O) groups excluding carboxylic acids is 1. The highest BCUT2D eigenvalue weighted by Gasteiger charge is 2.32. The maximum Gasteiger partial charge on any atom is 0.416 e. The van der Waals surface area contributed by atoms with Crippen molar-refractivity contribution in [3.8, 4) is 0 Å². The van der Waals surface area contributed by atoms with Crippen LogP contribution in [0.3, 0.4) is 0 Å². The number of nitrogens with one attached hydrogen (secondary N) is 2. The Morgan fingerprint density at radius 3 is 2.14 bits per heavy atom. The predicted molar refractivity (Wildman–Crippen MR) is 101 cm³/mol. The maximum atomic E-state index is 12.9. The Bertz CT molecular complexity index is 1060. The minimum absolute atomic E-state index is 0.507. The molecule has 0 saturated carbocycles. The standard InChI is InChI=1S/C20H19F3N2O3S/c21-20(22,23)14-6-3-7-15(11-14)29(27,28)25-19(26)24-18-16-8-1-4-12(16)10-13-5-2-9-17(13)18/h3,6-7,10-11H,1-2,4-5,8-9H2,(H2,24,25,26). The number of carbonyl (C=O) groups is 1. The number of rotatable bonds is 3. The number of aryl methyl sites for hydroxylation is 2. The number of sulfonamides is 1. The third-order valence-corrected chi connectivity index (χ3v) is 6.74. The quantitative estimate of drug-likeness (QED) is 0.776. The number of amides is 2. The molecule has 0 unspecified atom stereocenters. The number of hydrogen-bond acceptors (Lipinski definition) is 3. The van der Waals surface area contributed by atoms with Crippen LogP contribution in [-0.4, -0.2) is 14.4 Å². The summed E-state index contributed by atoms with van der Waals surface area (Å²) in [6.45, 7) is 0. The Balaban J connectivity index is 1.59. The summed E-state index contributed by atoms with van der Waals surface area (Å²) >= 11 is 0. The van der Waals surface area contributed by atoms with E-state index in [4.69, 9.17) is 0 Å². The van der Waals surface area contributed by atoms with Crippen LogP contribution in [0.1, 0.15) is 40.7 Å². The van der Waals surface area contributed by atoms with Gasteiger partial charge >= 0.3 is 12.2 Å². The van der Waals surface area contributed by atoms with Crippen LogP contribution < -0.4 is 10.0 Å². The highest BCUT2D eigenvalue weighted by Crippen LogP contribution is 2.38. The first-order valence-electron chi connectivity index (χ1n) is 9.33. The molecule has 4 rings (SSSR count). The van der Waals surface area contributed by atoms with Gasteiger partial charge in [-0.25, -0.2) is 17.9 Å². The summed E-state index contributed by atoms with van der Waals surface area (Å²) < 4.78 is 65.3. The Kier molecular flexibility index (Phi) is 4.80. The number of benzene rings is 2. The molecule has 0 fully saturated rings. The molecule has 0 spiro atoms. The number of hydrogen-bond donors (Lipinski definition) is 2. The number of alkyl halides is 3. The fraction of sp³-hybridized carbons (Fsp3) is 0.350. The van der Waals surface area contributed by atoms with E-state index in [1.165, 1.54) is 11.1 Å². The molecule has 29 heavy (non-hydrogen) atoms. The number of fused-ring (bicyclic) bond motifs is 2. The van der Waals surface area contributed by atoms with Crippen LogP contribution in [0.15, 0.2) is 35.2 Å². The SMILES string of the molecule is O=C(Nc1c2c(cc3c1CCC3)CCC2)NS(=O)(=O)c1cccc(C(F)(F)F)c1. The molecule has 2 aliphatic rings. The third kappa shape index (κ3) is 3.83. The van der Waals surface area contributed by atoms with Gasteiger partial charge in [0.05, 0.1) is 10.5 Å². The molecule has 0 radical (unpaired) electrons. The monoisotopic (exact) mass is 424 g/mol. The van der Waals surface area contributed by atoms with Gasteiger partial charge in [0.1, 0.15) is 0 Å². The molecule has 0 aliphatic heterocycles. The van der Waals surface area contributed by atoms with Crippen molar-refractivity contribution in [1.29, 1.82) is 0 Å². The molecular formula is C20H19F3N2O3S. The zero-order valence-corrected chi connectivity index (χ0v) is 16.2.